The highest BCUT2D eigenvalue weighted by atomic mass is 79.9. The van der Waals surface area contributed by atoms with Gasteiger partial charge in [0.05, 0.1) is 9.57 Å². The monoisotopic (exact) mass is 346 g/mol. The van der Waals surface area contributed by atoms with Gasteiger partial charge in [-0.05, 0) is 37.3 Å². The summed E-state index contributed by atoms with van der Waals surface area (Å²) in [6.07, 6.45) is 2.33. The molecule has 0 N–H and O–H groups in total. The minimum absolute atomic E-state index is 0.205. The molecular weight excluding hydrogens is 324 g/mol. The molecule has 1 aromatic carbocycles. The van der Waals surface area contributed by atoms with Crippen molar-refractivity contribution in [2.45, 2.75) is 43.7 Å². The lowest BCUT2D eigenvalue weighted by Crippen LogP contribution is -2.35. The van der Waals surface area contributed by atoms with E-state index < -0.39 is 14.6 Å². The number of alkyl halides is 1. The average Bonchev–Trinajstić information content (AvgIpc) is 2.26. The summed E-state index contributed by atoms with van der Waals surface area (Å²) in [6, 6.07) is 8.21. The Morgan fingerprint density at radius 2 is 1.63 bits per heavy atom. The Morgan fingerprint density at radius 1 is 1.16 bits per heavy atom. The van der Waals surface area contributed by atoms with Crippen LogP contribution in [0.2, 0.25) is 0 Å². The fourth-order valence-electron chi connectivity index (χ4n) is 1.88. The van der Waals surface area contributed by atoms with Crippen LogP contribution < -0.4 is 0 Å². The first-order valence-corrected chi connectivity index (χ1v) is 9.29. The van der Waals surface area contributed by atoms with Crippen molar-refractivity contribution in [1.82, 2.24) is 0 Å². The summed E-state index contributed by atoms with van der Waals surface area (Å²) >= 11 is 3.54. The topological polar surface area (TPSA) is 34.1 Å². The summed E-state index contributed by atoms with van der Waals surface area (Å²) in [5.41, 5.74) is 2.29. The third kappa shape index (κ3) is 4.06. The fourth-order valence-corrected chi connectivity index (χ4v) is 3.72. The van der Waals surface area contributed by atoms with Crippen LogP contribution in [0.3, 0.4) is 0 Å². The zero-order chi connectivity index (χ0) is 14.8. The smallest absolute Gasteiger partial charge is 0.154 e. The molecule has 1 atom stereocenters. The van der Waals surface area contributed by atoms with Crippen LogP contribution in [0.5, 0.6) is 0 Å². The number of benzene rings is 1. The van der Waals surface area contributed by atoms with Gasteiger partial charge in [0, 0.05) is 6.26 Å². The van der Waals surface area contributed by atoms with Crippen LogP contribution in [0.15, 0.2) is 24.3 Å². The van der Waals surface area contributed by atoms with Gasteiger partial charge in [-0.3, -0.25) is 0 Å². The maximum absolute atomic E-state index is 11.9. The van der Waals surface area contributed by atoms with Gasteiger partial charge in [0.2, 0.25) is 0 Å². The van der Waals surface area contributed by atoms with Crippen molar-refractivity contribution in [3.63, 3.8) is 0 Å². The summed E-state index contributed by atoms with van der Waals surface area (Å²) in [6.45, 7) is 7.88. The molecule has 0 amide bonds. The number of rotatable bonds is 5. The van der Waals surface area contributed by atoms with Gasteiger partial charge in [-0.15, -0.1) is 0 Å². The van der Waals surface area contributed by atoms with Crippen LogP contribution in [0.4, 0.5) is 0 Å². The highest BCUT2D eigenvalue weighted by Gasteiger charge is 2.38. The lowest BCUT2D eigenvalue weighted by molar-refractivity contribution is 0.548. The van der Waals surface area contributed by atoms with Crippen LogP contribution in [0.25, 0.3) is 0 Å². The van der Waals surface area contributed by atoms with Crippen molar-refractivity contribution in [3.8, 4) is 0 Å². The average molecular weight is 347 g/mol. The van der Waals surface area contributed by atoms with Gasteiger partial charge in [-0.1, -0.05) is 54.0 Å². The molecule has 1 rings (SSSR count). The van der Waals surface area contributed by atoms with E-state index in [1.165, 1.54) is 11.8 Å². The minimum atomic E-state index is -3.13. The van der Waals surface area contributed by atoms with E-state index in [1.807, 2.05) is 12.1 Å². The van der Waals surface area contributed by atoms with Gasteiger partial charge in [0.1, 0.15) is 0 Å². The summed E-state index contributed by atoms with van der Waals surface area (Å²) in [5.74, 6) is 0.623. The van der Waals surface area contributed by atoms with Crippen molar-refractivity contribution in [3.05, 3.63) is 35.4 Å². The summed E-state index contributed by atoms with van der Waals surface area (Å²) in [5, 5.41) is 0. The maximum atomic E-state index is 11.9. The van der Waals surface area contributed by atoms with E-state index in [9.17, 15) is 8.42 Å². The third-order valence-corrected chi connectivity index (χ3v) is 7.61. The molecule has 4 heteroatoms. The summed E-state index contributed by atoms with van der Waals surface area (Å²) in [7, 11) is -3.13. The Balaban J connectivity index is 2.99. The Kier molecular flexibility index (Phi) is 5.24. The second kappa shape index (κ2) is 5.96. The molecule has 0 fully saturated rings. The molecule has 0 saturated heterocycles. The zero-order valence-electron chi connectivity index (χ0n) is 12.3. The molecule has 0 aliphatic carbocycles. The molecule has 1 aromatic rings. The summed E-state index contributed by atoms with van der Waals surface area (Å²) in [4.78, 5) is -0.205. The molecule has 0 aromatic heterocycles. The quantitative estimate of drug-likeness (QED) is 0.750. The number of halogens is 1. The third-order valence-electron chi connectivity index (χ3n) is 3.48. The van der Waals surface area contributed by atoms with Crippen molar-refractivity contribution in [2.75, 3.05) is 6.26 Å². The van der Waals surface area contributed by atoms with Gasteiger partial charge >= 0.3 is 0 Å². The highest BCUT2D eigenvalue weighted by Crippen LogP contribution is 2.39. The van der Waals surface area contributed by atoms with E-state index in [0.29, 0.717) is 5.92 Å². The Hall–Kier alpha value is -0.350. The molecule has 108 valence electrons. The standard InChI is InChI=1S/C15H23BrO2S/c1-11(2)10-12-6-8-13(9-7-12)14(16)15(3,4)19(5,17)18/h6-9,11,14H,10H2,1-5H3. The van der Waals surface area contributed by atoms with Crippen LogP contribution in [-0.2, 0) is 16.3 Å². The molecule has 1 unspecified atom stereocenters. The van der Waals surface area contributed by atoms with Crippen molar-refractivity contribution >= 4 is 25.8 Å². The van der Waals surface area contributed by atoms with Crippen LogP contribution in [0, 0.1) is 5.92 Å². The van der Waals surface area contributed by atoms with E-state index >= 15 is 0 Å². The number of hydrogen-bond donors (Lipinski definition) is 0. The number of sulfone groups is 1. The first kappa shape index (κ1) is 16.7. The van der Waals surface area contributed by atoms with Crippen LogP contribution in [0.1, 0.15) is 43.6 Å². The van der Waals surface area contributed by atoms with Gasteiger partial charge in [0.25, 0.3) is 0 Å². The number of hydrogen-bond acceptors (Lipinski definition) is 2. The molecule has 2 nitrogen and oxygen atoms in total. The molecule has 0 spiro atoms. The first-order valence-electron chi connectivity index (χ1n) is 6.48. The Morgan fingerprint density at radius 3 is 2.00 bits per heavy atom. The molecule has 0 aliphatic rings. The van der Waals surface area contributed by atoms with Crippen LogP contribution in [-0.4, -0.2) is 19.4 Å². The Labute approximate surface area is 125 Å². The lowest BCUT2D eigenvalue weighted by Gasteiger charge is -2.28. The van der Waals surface area contributed by atoms with E-state index in [0.717, 1.165) is 12.0 Å². The second-order valence-electron chi connectivity index (χ2n) is 6.08. The lowest BCUT2D eigenvalue weighted by atomic mass is 9.98. The van der Waals surface area contributed by atoms with E-state index in [1.54, 1.807) is 13.8 Å². The summed E-state index contributed by atoms with van der Waals surface area (Å²) < 4.78 is 22.9. The zero-order valence-corrected chi connectivity index (χ0v) is 14.7. The predicted octanol–water partition coefficient (Wildman–Crippen LogP) is 4.14. The molecule has 0 aliphatic heterocycles. The molecule has 19 heavy (non-hydrogen) atoms. The Bertz CT molecular complexity index is 516. The van der Waals surface area contributed by atoms with Gasteiger partial charge in [-0.2, -0.15) is 0 Å². The highest BCUT2D eigenvalue weighted by molar-refractivity contribution is 9.09. The van der Waals surface area contributed by atoms with Crippen LogP contribution >= 0.6 is 15.9 Å². The van der Waals surface area contributed by atoms with Gasteiger partial charge in [0.15, 0.2) is 9.84 Å². The molecular formula is C15H23BrO2S. The first-order chi connectivity index (χ1) is 8.55. The molecule has 0 radical (unpaired) electrons. The fraction of sp³-hybridized carbons (Fsp3) is 0.600. The van der Waals surface area contributed by atoms with Crippen molar-refractivity contribution < 1.29 is 8.42 Å². The van der Waals surface area contributed by atoms with Crippen molar-refractivity contribution in [1.29, 1.82) is 0 Å². The van der Waals surface area contributed by atoms with E-state index in [4.69, 9.17) is 0 Å². The SMILES string of the molecule is CC(C)Cc1ccc(C(Br)C(C)(C)S(C)(=O)=O)cc1. The maximum Gasteiger partial charge on any atom is 0.154 e. The van der Waals surface area contributed by atoms with Gasteiger partial charge < -0.3 is 0 Å². The predicted molar refractivity (Wildman–Crippen MR) is 85.6 cm³/mol. The largest absolute Gasteiger partial charge is 0.229 e. The van der Waals surface area contributed by atoms with E-state index in [-0.39, 0.29) is 4.83 Å². The normalized spacial score (nSPS) is 14.7. The van der Waals surface area contributed by atoms with Crippen molar-refractivity contribution in [2.24, 2.45) is 5.92 Å². The van der Waals surface area contributed by atoms with E-state index in [2.05, 4.69) is 41.9 Å². The molecule has 0 bridgehead atoms. The van der Waals surface area contributed by atoms with Gasteiger partial charge in [-0.25, -0.2) is 8.42 Å². The molecule has 0 saturated carbocycles. The molecule has 0 heterocycles. The second-order valence-corrected chi connectivity index (χ2v) is 9.59. The minimum Gasteiger partial charge on any atom is -0.229 e.